The lowest BCUT2D eigenvalue weighted by molar-refractivity contribution is -0.108. The van der Waals surface area contributed by atoms with Crippen molar-refractivity contribution in [3.63, 3.8) is 0 Å². The van der Waals surface area contributed by atoms with E-state index in [2.05, 4.69) is 27.7 Å². The molecule has 27 heavy (non-hydrogen) atoms. The molecule has 0 amide bonds. The first-order valence-corrected chi connectivity index (χ1v) is 10.6. The topological polar surface area (TPSA) is 47.3 Å². The van der Waals surface area contributed by atoms with E-state index in [4.69, 9.17) is 16.0 Å². The van der Waals surface area contributed by atoms with Crippen molar-refractivity contribution in [2.24, 2.45) is 17.8 Å². The van der Waals surface area contributed by atoms with E-state index in [9.17, 15) is 9.59 Å². The van der Waals surface area contributed by atoms with Gasteiger partial charge in [0.15, 0.2) is 11.5 Å². The lowest BCUT2D eigenvalue weighted by Crippen LogP contribution is -2.06. The van der Waals surface area contributed by atoms with Crippen LogP contribution in [0.3, 0.4) is 0 Å². The fraction of sp³-hybridized carbons (Fsp3) is 0.652. The summed E-state index contributed by atoms with van der Waals surface area (Å²) in [5, 5.41) is -0.522. The van der Waals surface area contributed by atoms with Gasteiger partial charge in [-0.2, -0.15) is 0 Å². The smallest absolute Gasteiger partial charge is 0.248 e. The third kappa shape index (κ3) is 9.95. The molecular formula is C23H35ClO3. The SMILES string of the molecule is CC(=Cc1ccc(C(=O)CC(C)CCCC(C)CCCC(C)C)o1)C(=O)Cl. The minimum absolute atomic E-state index is 0.0157. The number of hydrogen-bond acceptors (Lipinski definition) is 3. The number of ketones is 1. The number of halogens is 1. The molecule has 0 aliphatic heterocycles. The van der Waals surface area contributed by atoms with E-state index in [0.717, 1.165) is 18.3 Å². The van der Waals surface area contributed by atoms with Gasteiger partial charge in [-0.1, -0.05) is 66.2 Å². The fourth-order valence-corrected chi connectivity index (χ4v) is 3.26. The summed E-state index contributed by atoms with van der Waals surface area (Å²) in [6.45, 7) is 10.6. The Labute approximate surface area is 169 Å². The molecule has 1 rings (SSSR count). The van der Waals surface area contributed by atoms with Crippen molar-refractivity contribution in [3.05, 3.63) is 29.2 Å². The van der Waals surface area contributed by atoms with Crippen LogP contribution in [0.2, 0.25) is 0 Å². The van der Waals surface area contributed by atoms with Gasteiger partial charge in [0, 0.05) is 12.0 Å². The first-order chi connectivity index (χ1) is 12.7. The standard InChI is InChI=1S/C23H35ClO3/c1-16(2)8-6-9-17(3)10-7-11-18(4)14-21(25)22-13-12-20(27-22)15-19(5)23(24)26/h12-13,15-18H,6-11,14H2,1-5H3. The summed E-state index contributed by atoms with van der Waals surface area (Å²) in [5.41, 5.74) is 0.390. The Morgan fingerprint density at radius 3 is 2.19 bits per heavy atom. The summed E-state index contributed by atoms with van der Waals surface area (Å²) in [6, 6.07) is 3.36. The molecule has 3 nitrogen and oxygen atoms in total. The van der Waals surface area contributed by atoms with E-state index < -0.39 is 5.24 Å². The minimum atomic E-state index is -0.522. The molecule has 0 saturated heterocycles. The molecule has 1 aromatic rings. The van der Waals surface area contributed by atoms with Crippen molar-refractivity contribution in [3.8, 4) is 0 Å². The minimum Gasteiger partial charge on any atom is -0.454 e. The van der Waals surface area contributed by atoms with Crippen LogP contribution in [-0.4, -0.2) is 11.0 Å². The Balaban J connectivity index is 2.35. The van der Waals surface area contributed by atoms with Gasteiger partial charge in [0.05, 0.1) is 0 Å². The first-order valence-electron chi connectivity index (χ1n) is 10.2. The summed E-state index contributed by atoms with van der Waals surface area (Å²) < 4.78 is 5.54. The molecule has 0 N–H and O–H groups in total. The molecule has 0 bridgehead atoms. The normalized spacial score (nSPS) is 14.4. The second kappa shape index (κ2) is 12.2. The Morgan fingerprint density at radius 1 is 1.00 bits per heavy atom. The number of carbonyl (C=O) groups excluding carboxylic acids is 2. The van der Waals surface area contributed by atoms with Crippen LogP contribution in [0.4, 0.5) is 0 Å². The highest BCUT2D eigenvalue weighted by Crippen LogP contribution is 2.22. The van der Waals surface area contributed by atoms with Gasteiger partial charge in [0.25, 0.3) is 0 Å². The molecule has 0 saturated carbocycles. The van der Waals surface area contributed by atoms with E-state index in [1.807, 2.05) is 0 Å². The van der Waals surface area contributed by atoms with Crippen molar-refractivity contribution in [1.82, 2.24) is 0 Å². The maximum atomic E-state index is 12.4. The fourth-order valence-electron chi connectivity index (χ4n) is 3.20. The third-order valence-electron chi connectivity index (χ3n) is 4.98. The van der Waals surface area contributed by atoms with E-state index in [-0.39, 0.29) is 5.78 Å². The lowest BCUT2D eigenvalue weighted by Gasteiger charge is -2.14. The Hall–Kier alpha value is -1.35. The van der Waals surface area contributed by atoms with Gasteiger partial charge in [-0.05, 0) is 54.5 Å². The zero-order chi connectivity index (χ0) is 20.4. The number of hydrogen-bond donors (Lipinski definition) is 0. The summed E-state index contributed by atoms with van der Waals surface area (Å²) >= 11 is 5.41. The van der Waals surface area contributed by atoms with E-state index in [1.54, 1.807) is 25.1 Å². The maximum absolute atomic E-state index is 12.4. The molecule has 2 unspecified atom stereocenters. The molecule has 0 aliphatic rings. The highest BCUT2D eigenvalue weighted by molar-refractivity contribution is 6.68. The molecular weight excluding hydrogens is 360 g/mol. The van der Waals surface area contributed by atoms with Gasteiger partial charge >= 0.3 is 0 Å². The van der Waals surface area contributed by atoms with Gasteiger partial charge in [0.2, 0.25) is 5.24 Å². The molecule has 4 heteroatoms. The van der Waals surface area contributed by atoms with Gasteiger partial charge in [0.1, 0.15) is 5.76 Å². The number of carbonyl (C=O) groups is 2. The van der Waals surface area contributed by atoms with Crippen LogP contribution in [0.15, 0.2) is 22.1 Å². The van der Waals surface area contributed by atoms with Crippen molar-refractivity contribution in [2.75, 3.05) is 0 Å². The van der Waals surface area contributed by atoms with Crippen molar-refractivity contribution >= 4 is 28.7 Å². The average Bonchev–Trinajstić information content (AvgIpc) is 3.03. The van der Waals surface area contributed by atoms with Crippen LogP contribution >= 0.6 is 11.6 Å². The Bertz CT molecular complexity index is 627. The van der Waals surface area contributed by atoms with E-state index in [1.165, 1.54) is 32.1 Å². The van der Waals surface area contributed by atoms with E-state index in [0.29, 0.717) is 29.4 Å². The number of Topliss-reactive ketones (excluding diaryl/α,β-unsaturated/α-hetero) is 1. The van der Waals surface area contributed by atoms with Crippen LogP contribution in [0, 0.1) is 17.8 Å². The lowest BCUT2D eigenvalue weighted by atomic mass is 9.92. The van der Waals surface area contributed by atoms with Crippen LogP contribution in [0.5, 0.6) is 0 Å². The van der Waals surface area contributed by atoms with Gasteiger partial charge in [-0.15, -0.1) is 0 Å². The van der Waals surface area contributed by atoms with Crippen LogP contribution in [-0.2, 0) is 4.79 Å². The highest BCUT2D eigenvalue weighted by atomic mass is 35.5. The molecule has 2 atom stereocenters. The predicted molar refractivity (Wildman–Crippen MR) is 113 cm³/mol. The van der Waals surface area contributed by atoms with E-state index >= 15 is 0 Å². The summed E-state index contributed by atoms with van der Waals surface area (Å²) in [7, 11) is 0. The number of allylic oxidation sites excluding steroid dienone is 1. The predicted octanol–water partition coefficient (Wildman–Crippen LogP) is 7.29. The van der Waals surface area contributed by atoms with Crippen molar-refractivity contribution in [2.45, 2.75) is 79.6 Å². The molecule has 0 aromatic carbocycles. The first kappa shape index (κ1) is 23.7. The van der Waals surface area contributed by atoms with Gasteiger partial charge in [-0.3, -0.25) is 9.59 Å². The molecule has 1 aromatic heterocycles. The molecule has 0 spiro atoms. The molecule has 0 aliphatic carbocycles. The van der Waals surface area contributed by atoms with Gasteiger partial charge in [-0.25, -0.2) is 0 Å². The van der Waals surface area contributed by atoms with Gasteiger partial charge < -0.3 is 4.42 Å². The van der Waals surface area contributed by atoms with Crippen molar-refractivity contribution < 1.29 is 14.0 Å². The molecule has 0 radical (unpaired) electrons. The highest BCUT2D eigenvalue weighted by Gasteiger charge is 2.15. The second-order valence-electron chi connectivity index (χ2n) is 8.40. The van der Waals surface area contributed by atoms with Crippen LogP contribution < -0.4 is 0 Å². The Morgan fingerprint density at radius 2 is 1.59 bits per heavy atom. The largest absolute Gasteiger partial charge is 0.454 e. The maximum Gasteiger partial charge on any atom is 0.248 e. The second-order valence-corrected chi connectivity index (χ2v) is 8.74. The molecule has 152 valence electrons. The summed E-state index contributed by atoms with van der Waals surface area (Å²) in [6.07, 6.45) is 9.44. The Kier molecular flexibility index (Phi) is 10.7. The van der Waals surface area contributed by atoms with Crippen LogP contribution in [0.25, 0.3) is 6.08 Å². The monoisotopic (exact) mass is 394 g/mol. The quantitative estimate of drug-likeness (QED) is 0.200. The zero-order valence-corrected chi connectivity index (χ0v) is 18.3. The third-order valence-corrected chi connectivity index (χ3v) is 5.27. The van der Waals surface area contributed by atoms with Crippen molar-refractivity contribution in [1.29, 1.82) is 0 Å². The zero-order valence-electron chi connectivity index (χ0n) is 17.5. The number of rotatable bonds is 13. The molecule has 0 fully saturated rings. The molecule has 1 heterocycles. The summed E-state index contributed by atoms with van der Waals surface area (Å²) in [5.74, 6) is 2.74. The number of furan rings is 1. The average molecular weight is 395 g/mol. The van der Waals surface area contributed by atoms with Crippen LogP contribution in [0.1, 0.15) is 95.9 Å². The summed E-state index contributed by atoms with van der Waals surface area (Å²) in [4.78, 5) is 23.4.